The average molecular weight is 945 g/mol. The number of hydrogen-bond donors (Lipinski definition) is 3. The number of aromatic nitrogens is 12. The summed E-state index contributed by atoms with van der Waals surface area (Å²) in [6, 6.07) is 32.4. The molecule has 0 unspecified atom stereocenters. The number of amides is 1. The number of carboxylic acid groups (broad SMARTS) is 1. The number of nitrogens with one attached hydrogen (secondary N) is 1. The predicted molar refractivity (Wildman–Crippen MR) is 273 cm³/mol. The average Bonchev–Trinajstić information content (AvgIpc) is 4.16. The molecule has 2 aliphatic carbocycles. The minimum Gasteiger partial charge on any atom is -0.477 e. The van der Waals surface area contributed by atoms with E-state index in [4.69, 9.17) is 10.8 Å². The first kappa shape index (κ1) is 45.9. The van der Waals surface area contributed by atoms with Crippen molar-refractivity contribution in [3.05, 3.63) is 158 Å². The van der Waals surface area contributed by atoms with E-state index in [0.29, 0.717) is 35.5 Å². The molecule has 2 fully saturated rings. The third-order valence-electron chi connectivity index (χ3n) is 12.4. The normalized spacial score (nSPS) is 13.2. The van der Waals surface area contributed by atoms with E-state index in [1.807, 2.05) is 85.2 Å². The highest BCUT2D eigenvalue weighted by Crippen LogP contribution is 2.39. The Morgan fingerprint density at radius 2 is 1.10 bits per heavy atom. The van der Waals surface area contributed by atoms with Gasteiger partial charge in [0.1, 0.15) is 24.0 Å². The van der Waals surface area contributed by atoms with Crippen molar-refractivity contribution >= 4 is 45.3 Å². The lowest BCUT2D eigenvalue weighted by Crippen LogP contribution is -2.13. The summed E-state index contributed by atoms with van der Waals surface area (Å²) in [5.74, 6) is 0.436. The summed E-state index contributed by atoms with van der Waals surface area (Å²) in [4.78, 5) is 41.3. The summed E-state index contributed by atoms with van der Waals surface area (Å²) in [7, 11) is 0. The highest BCUT2D eigenvalue weighted by atomic mass is 16.4. The highest BCUT2D eigenvalue weighted by molar-refractivity contribution is 6.04. The van der Waals surface area contributed by atoms with Crippen LogP contribution in [0.4, 0.5) is 11.4 Å². The van der Waals surface area contributed by atoms with Crippen molar-refractivity contribution in [2.45, 2.75) is 77.5 Å². The Balaban J connectivity index is 0.000000136. The number of benzene rings is 2. The number of carbonyl (C=O) groups excluding carboxylic acids is 1. The van der Waals surface area contributed by atoms with E-state index in [-0.39, 0.29) is 11.6 Å². The van der Waals surface area contributed by atoms with Gasteiger partial charge in [-0.05, 0) is 137 Å². The van der Waals surface area contributed by atoms with E-state index >= 15 is 0 Å². The third kappa shape index (κ3) is 10.2. The van der Waals surface area contributed by atoms with Gasteiger partial charge in [-0.2, -0.15) is 0 Å². The smallest absolute Gasteiger partial charge is 0.354 e. The van der Waals surface area contributed by atoms with Gasteiger partial charge in [0.25, 0.3) is 5.91 Å². The number of anilines is 2. The fraction of sp³-hybridized carbons (Fsp3) is 0.222. The summed E-state index contributed by atoms with van der Waals surface area (Å²) in [6.45, 7) is 8.51. The van der Waals surface area contributed by atoms with Crippen LogP contribution in [0, 0.1) is 0 Å². The fourth-order valence-electron chi connectivity index (χ4n) is 8.49. The molecule has 12 rings (SSSR count). The Morgan fingerprint density at radius 3 is 1.61 bits per heavy atom. The van der Waals surface area contributed by atoms with Crippen molar-refractivity contribution in [3.63, 3.8) is 0 Å². The first-order valence-corrected chi connectivity index (χ1v) is 23.6. The molecule has 17 heteroatoms. The lowest BCUT2D eigenvalue weighted by molar-refractivity contribution is 0.0690. The zero-order chi connectivity index (χ0) is 49.2. The molecule has 10 aromatic rings. The molecule has 8 aromatic heterocycles. The van der Waals surface area contributed by atoms with Crippen LogP contribution >= 0.6 is 0 Å². The number of nitrogens with zero attached hydrogens (tertiary/aromatic N) is 12. The lowest BCUT2D eigenvalue weighted by atomic mass is 10.1. The van der Waals surface area contributed by atoms with Gasteiger partial charge >= 0.3 is 5.97 Å². The number of nitrogen functional groups attached to an aromatic ring is 1. The van der Waals surface area contributed by atoms with Crippen LogP contribution in [0.3, 0.4) is 0 Å². The summed E-state index contributed by atoms with van der Waals surface area (Å²) < 4.78 is 8.57. The van der Waals surface area contributed by atoms with Gasteiger partial charge in [-0.1, -0.05) is 24.3 Å². The van der Waals surface area contributed by atoms with Gasteiger partial charge in [0.2, 0.25) is 0 Å². The number of fused-ring (bicyclic) bond motifs is 2. The Bertz CT molecular complexity index is 3540. The minimum atomic E-state index is -1.03. The van der Waals surface area contributed by atoms with E-state index in [1.54, 1.807) is 43.2 Å². The summed E-state index contributed by atoms with van der Waals surface area (Å²) in [5.41, 5.74) is 17.0. The topological polar surface area (TPSA) is 215 Å². The SMILES string of the molecule is CC(C)n1ccc2ncc(-c3ccnc(C(=O)Nc4cccc(-c5nncn5C5CC5)c4)c3)cc21.CC(C)n1ccc2ncc(-c3ccnc(C(=O)O)c3)cc21.Nc1cccc(-c2nncn2C2CC2)c1. The number of rotatable bonds is 11. The van der Waals surface area contributed by atoms with Crippen molar-refractivity contribution in [2.75, 3.05) is 11.1 Å². The van der Waals surface area contributed by atoms with Gasteiger partial charge in [0.15, 0.2) is 11.6 Å². The van der Waals surface area contributed by atoms with Crippen LogP contribution in [0.25, 0.3) is 67.1 Å². The summed E-state index contributed by atoms with van der Waals surface area (Å²) in [5, 5.41) is 28.5. The second kappa shape index (κ2) is 19.6. The summed E-state index contributed by atoms with van der Waals surface area (Å²) in [6.07, 6.45) is 19.2. The minimum absolute atomic E-state index is 0.0341. The number of carbonyl (C=O) groups is 2. The number of nitrogens with two attached hydrogens (primary N) is 1. The fourth-order valence-corrected chi connectivity index (χ4v) is 8.49. The molecular weight excluding hydrogens is 893 g/mol. The first-order chi connectivity index (χ1) is 34.5. The highest BCUT2D eigenvalue weighted by Gasteiger charge is 2.27. The van der Waals surface area contributed by atoms with Crippen LogP contribution in [-0.4, -0.2) is 75.6 Å². The Labute approximate surface area is 409 Å². The van der Waals surface area contributed by atoms with E-state index < -0.39 is 5.97 Å². The predicted octanol–water partition coefficient (Wildman–Crippen LogP) is 10.8. The molecule has 8 heterocycles. The van der Waals surface area contributed by atoms with Gasteiger partial charge in [0.05, 0.1) is 22.1 Å². The Kier molecular flexibility index (Phi) is 12.7. The molecule has 2 aromatic carbocycles. The number of carboxylic acids is 1. The van der Waals surface area contributed by atoms with Crippen molar-refractivity contribution in [3.8, 4) is 45.0 Å². The molecule has 356 valence electrons. The van der Waals surface area contributed by atoms with E-state index in [1.165, 1.54) is 19.0 Å². The molecule has 1 amide bonds. The van der Waals surface area contributed by atoms with Gasteiger partial charge in [-0.25, -0.2) is 9.78 Å². The maximum atomic E-state index is 13.1. The van der Waals surface area contributed by atoms with Gasteiger partial charge in [-0.15, -0.1) is 20.4 Å². The summed E-state index contributed by atoms with van der Waals surface area (Å²) >= 11 is 0. The molecule has 0 atom stereocenters. The van der Waals surface area contributed by atoms with Crippen LogP contribution in [-0.2, 0) is 0 Å². The van der Waals surface area contributed by atoms with Crippen molar-refractivity contribution in [1.82, 2.24) is 58.6 Å². The molecule has 4 N–H and O–H groups in total. The zero-order valence-electron chi connectivity index (χ0n) is 39.7. The quantitative estimate of drug-likeness (QED) is 0.103. The standard InChI is InChI=1S/C27H25N7O.C16H15N3O2.C11H12N4/c1-17(2)33-11-9-23-25(33)14-20(15-29-23)18-8-10-28-24(13-18)27(35)31-21-5-3-4-19(12-21)26-32-30-16-34(26)22-6-7-22;1-10(2)19-6-4-13-15(19)8-12(9-18-13)11-3-5-17-14(7-11)16(20)21;12-9-3-1-2-8(6-9)11-14-13-7-15(11)10-4-5-10/h3-5,8-17,22H,6-7H2,1-2H3,(H,31,35);3-10H,1-2H3,(H,20,21);1-3,6-7,10H,4-5,12H2. The number of hydrogen-bond acceptors (Lipinski definition) is 11. The molecule has 0 spiro atoms. The van der Waals surface area contributed by atoms with E-state index in [2.05, 4.69) is 104 Å². The van der Waals surface area contributed by atoms with Crippen LogP contribution < -0.4 is 11.1 Å². The van der Waals surface area contributed by atoms with E-state index in [0.717, 1.165) is 85.6 Å². The maximum absolute atomic E-state index is 13.1. The molecule has 71 heavy (non-hydrogen) atoms. The molecule has 17 nitrogen and oxygen atoms in total. The van der Waals surface area contributed by atoms with Gasteiger partial charge in [-0.3, -0.25) is 19.7 Å². The second-order valence-corrected chi connectivity index (χ2v) is 18.3. The second-order valence-electron chi connectivity index (χ2n) is 18.3. The van der Waals surface area contributed by atoms with Gasteiger partial charge < -0.3 is 34.4 Å². The van der Waals surface area contributed by atoms with Crippen molar-refractivity contribution in [1.29, 1.82) is 0 Å². The molecule has 0 bridgehead atoms. The largest absolute Gasteiger partial charge is 0.477 e. The van der Waals surface area contributed by atoms with E-state index in [9.17, 15) is 9.59 Å². The molecule has 2 saturated carbocycles. The molecular formula is C54H52N14O3. The maximum Gasteiger partial charge on any atom is 0.354 e. The Hall–Kier alpha value is -8.86. The molecule has 0 aliphatic heterocycles. The third-order valence-corrected chi connectivity index (χ3v) is 12.4. The van der Waals surface area contributed by atoms with Crippen LogP contribution in [0.2, 0.25) is 0 Å². The van der Waals surface area contributed by atoms with Crippen molar-refractivity contribution in [2.24, 2.45) is 0 Å². The monoisotopic (exact) mass is 944 g/mol. The Morgan fingerprint density at radius 1 is 0.592 bits per heavy atom. The van der Waals surface area contributed by atoms with Crippen LogP contribution in [0.15, 0.2) is 147 Å². The molecule has 2 aliphatic rings. The van der Waals surface area contributed by atoms with Crippen LogP contribution in [0.1, 0.15) is 98.5 Å². The zero-order valence-corrected chi connectivity index (χ0v) is 39.7. The van der Waals surface area contributed by atoms with Crippen LogP contribution in [0.5, 0.6) is 0 Å². The lowest BCUT2D eigenvalue weighted by Gasteiger charge is -2.11. The first-order valence-electron chi connectivity index (χ1n) is 23.6. The van der Waals surface area contributed by atoms with Crippen molar-refractivity contribution < 1.29 is 14.7 Å². The molecule has 0 radical (unpaired) electrons. The molecule has 0 saturated heterocycles. The van der Waals surface area contributed by atoms with Gasteiger partial charge in [0, 0.05) is 95.0 Å². The number of aromatic carboxylic acids is 1. The number of pyridine rings is 4.